The number of halogens is 2. The van der Waals surface area contributed by atoms with E-state index in [-0.39, 0.29) is 18.6 Å². The minimum Gasteiger partial charge on any atom is -0.387 e. The van der Waals surface area contributed by atoms with Gasteiger partial charge in [0.15, 0.2) is 0 Å². The van der Waals surface area contributed by atoms with Gasteiger partial charge < -0.3 is 15.7 Å². The van der Waals surface area contributed by atoms with Gasteiger partial charge in [0.25, 0.3) is 0 Å². The standard InChI is InChI=1S/C14H18Cl2N2O2S/c1-9(10-3-2-4-11(15)12(10)16)18-13(19)17-7-14(20)5-6-21-8-14/h2-4,9,20H,5-8H2,1H3,(H2,17,18,19)/t9-,14-/m1/s1. The van der Waals surface area contributed by atoms with Crippen molar-refractivity contribution >= 4 is 41.0 Å². The number of aliphatic hydroxyl groups is 1. The van der Waals surface area contributed by atoms with Gasteiger partial charge >= 0.3 is 6.03 Å². The summed E-state index contributed by atoms with van der Waals surface area (Å²) < 4.78 is 0. The highest BCUT2D eigenvalue weighted by atomic mass is 35.5. The third-order valence-corrected chi connectivity index (χ3v) is 5.52. The molecule has 1 aliphatic rings. The summed E-state index contributed by atoms with van der Waals surface area (Å²) >= 11 is 13.8. The van der Waals surface area contributed by atoms with Crippen molar-refractivity contribution in [2.75, 3.05) is 18.1 Å². The Labute approximate surface area is 138 Å². The second kappa shape index (κ2) is 7.09. The minimum absolute atomic E-state index is 0.252. The summed E-state index contributed by atoms with van der Waals surface area (Å²) in [7, 11) is 0. The molecule has 0 bridgehead atoms. The van der Waals surface area contributed by atoms with Crippen LogP contribution < -0.4 is 10.6 Å². The summed E-state index contributed by atoms with van der Waals surface area (Å²) in [6, 6.07) is 4.71. The number of rotatable bonds is 4. The van der Waals surface area contributed by atoms with Crippen LogP contribution in [0.25, 0.3) is 0 Å². The van der Waals surface area contributed by atoms with Gasteiger partial charge in [-0.3, -0.25) is 0 Å². The molecule has 1 fully saturated rings. The molecule has 1 aromatic carbocycles. The molecular weight excluding hydrogens is 331 g/mol. The number of benzene rings is 1. The molecule has 1 saturated heterocycles. The van der Waals surface area contributed by atoms with Crippen molar-refractivity contribution < 1.29 is 9.90 Å². The number of urea groups is 1. The molecule has 2 amide bonds. The van der Waals surface area contributed by atoms with Gasteiger partial charge in [0.1, 0.15) is 0 Å². The van der Waals surface area contributed by atoms with Gasteiger partial charge in [0.2, 0.25) is 0 Å². The van der Waals surface area contributed by atoms with Crippen LogP contribution in [-0.2, 0) is 0 Å². The molecule has 7 heteroatoms. The molecule has 3 N–H and O–H groups in total. The highest BCUT2D eigenvalue weighted by Crippen LogP contribution is 2.30. The van der Waals surface area contributed by atoms with Crippen molar-refractivity contribution in [3.05, 3.63) is 33.8 Å². The number of carbonyl (C=O) groups excluding carboxylic acids is 1. The Morgan fingerprint density at radius 1 is 1.52 bits per heavy atom. The van der Waals surface area contributed by atoms with E-state index in [1.165, 1.54) is 0 Å². The molecule has 0 saturated carbocycles. The molecule has 0 radical (unpaired) electrons. The second-order valence-corrected chi connectivity index (χ2v) is 7.11. The molecule has 2 rings (SSSR count). The third-order valence-electron chi connectivity index (χ3n) is 3.46. The van der Waals surface area contributed by atoms with E-state index in [1.807, 2.05) is 13.0 Å². The van der Waals surface area contributed by atoms with Crippen LogP contribution in [0.3, 0.4) is 0 Å². The van der Waals surface area contributed by atoms with E-state index in [0.29, 0.717) is 22.2 Å². The third kappa shape index (κ3) is 4.42. The predicted molar refractivity (Wildman–Crippen MR) is 88.3 cm³/mol. The van der Waals surface area contributed by atoms with E-state index in [4.69, 9.17) is 23.2 Å². The number of amides is 2. The van der Waals surface area contributed by atoms with E-state index >= 15 is 0 Å². The molecule has 1 aliphatic heterocycles. The molecule has 1 aromatic rings. The monoisotopic (exact) mass is 348 g/mol. The Bertz CT molecular complexity index is 522. The van der Waals surface area contributed by atoms with E-state index in [9.17, 15) is 9.90 Å². The minimum atomic E-state index is -0.793. The number of nitrogens with one attached hydrogen (secondary N) is 2. The summed E-state index contributed by atoms with van der Waals surface area (Å²) in [5.74, 6) is 1.58. The fraction of sp³-hybridized carbons (Fsp3) is 0.500. The van der Waals surface area contributed by atoms with Crippen molar-refractivity contribution in [3.63, 3.8) is 0 Å². The Morgan fingerprint density at radius 2 is 2.29 bits per heavy atom. The zero-order valence-electron chi connectivity index (χ0n) is 11.7. The molecule has 0 unspecified atom stereocenters. The first-order valence-electron chi connectivity index (χ1n) is 6.70. The first-order chi connectivity index (χ1) is 9.91. The Balaban J connectivity index is 1.88. The number of hydrogen-bond donors (Lipinski definition) is 3. The Morgan fingerprint density at radius 3 is 2.95 bits per heavy atom. The average Bonchev–Trinajstić information content (AvgIpc) is 2.87. The number of thioether (sulfide) groups is 1. The lowest BCUT2D eigenvalue weighted by Crippen LogP contribution is -2.46. The fourth-order valence-corrected chi connectivity index (χ4v) is 3.93. The summed E-state index contributed by atoms with van der Waals surface area (Å²) in [4.78, 5) is 11.9. The number of carbonyl (C=O) groups is 1. The lowest BCUT2D eigenvalue weighted by Gasteiger charge is -2.23. The summed E-state index contributed by atoms with van der Waals surface area (Å²) in [5, 5.41) is 16.6. The lowest BCUT2D eigenvalue weighted by atomic mass is 10.0. The van der Waals surface area contributed by atoms with Crippen LogP contribution in [0.2, 0.25) is 10.0 Å². The molecular formula is C14H18Cl2N2O2S. The first kappa shape index (κ1) is 16.7. The van der Waals surface area contributed by atoms with E-state index in [2.05, 4.69) is 10.6 Å². The van der Waals surface area contributed by atoms with Gasteiger partial charge in [-0.05, 0) is 30.7 Å². The van der Waals surface area contributed by atoms with E-state index in [1.54, 1.807) is 23.9 Å². The maximum absolute atomic E-state index is 11.9. The van der Waals surface area contributed by atoms with Crippen LogP contribution in [0, 0.1) is 0 Å². The zero-order valence-corrected chi connectivity index (χ0v) is 14.0. The predicted octanol–water partition coefficient (Wildman–Crippen LogP) is 3.22. The smallest absolute Gasteiger partial charge is 0.315 e. The molecule has 1 heterocycles. The Hall–Kier alpha value is -0.620. The van der Waals surface area contributed by atoms with Crippen LogP contribution in [0.15, 0.2) is 18.2 Å². The van der Waals surface area contributed by atoms with E-state index < -0.39 is 5.60 Å². The van der Waals surface area contributed by atoms with Gasteiger partial charge in [-0.1, -0.05) is 35.3 Å². The number of hydrogen-bond acceptors (Lipinski definition) is 3. The molecule has 116 valence electrons. The maximum atomic E-state index is 11.9. The van der Waals surface area contributed by atoms with E-state index in [0.717, 1.165) is 11.3 Å². The van der Waals surface area contributed by atoms with Crippen molar-refractivity contribution in [3.8, 4) is 0 Å². The van der Waals surface area contributed by atoms with Crippen LogP contribution in [0.5, 0.6) is 0 Å². The summed E-state index contributed by atoms with van der Waals surface area (Å²) in [5.41, 5.74) is -0.0340. The highest BCUT2D eigenvalue weighted by Gasteiger charge is 2.32. The Kier molecular flexibility index (Phi) is 5.66. The fourth-order valence-electron chi connectivity index (χ4n) is 2.16. The van der Waals surface area contributed by atoms with Crippen molar-refractivity contribution in [2.45, 2.75) is 25.0 Å². The summed E-state index contributed by atoms with van der Waals surface area (Å²) in [6.45, 7) is 2.08. The quantitative estimate of drug-likeness (QED) is 0.782. The molecule has 2 atom stereocenters. The normalized spacial score (nSPS) is 22.9. The first-order valence-corrected chi connectivity index (χ1v) is 8.61. The summed E-state index contributed by atoms with van der Waals surface area (Å²) in [6.07, 6.45) is 0.702. The maximum Gasteiger partial charge on any atom is 0.315 e. The van der Waals surface area contributed by atoms with Gasteiger partial charge in [-0.25, -0.2) is 4.79 Å². The molecule has 0 spiro atoms. The molecule has 0 aromatic heterocycles. The van der Waals surface area contributed by atoms with Gasteiger partial charge in [-0.2, -0.15) is 11.8 Å². The molecule has 4 nitrogen and oxygen atoms in total. The largest absolute Gasteiger partial charge is 0.387 e. The lowest BCUT2D eigenvalue weighted by molar-refractivity contribution is 0.0699. The average molecular weight is 349 g/mol. The highest BCUT2D eigenvalue weighted by molar-refractivity contribution is 7.99. The molecule has 21 heavy (non-hydrogen) atoms. The van der Waals surface area contributed by atoms with Crippen LogP contribution >= 0.6 is 35.0 Å². The van der Waals surface area contributed by atoms with Crippen molar-refractivity contribution in [2.24, 2.45) is 0 Å². The SMILES string of the molecule is C[C@@H](NC(=O)NC[C@]1(O)CCSC1)c1cccc(Cl)c1Cl. The molecule has 0 aliphatic carbocycles. The second-order valence-electron chi connectivity index (χ2n) is 5.22. The zero-order chi connectivity index (χ0) is 15.5. The van der Waals surface area contributed by atoms with Gasteiger partial charge in [0.05, 0.1) is 21.7 Å². The topological polar surface area (TPSA) is 61.4 Å². The van der Waals surface area contributed by atoms with Crippen LogP contribution in [-0.4, -0.2) is 34.8 Å². The van der Waals surface area contributed by atoms with Gasteiger partial charge in [-0.15, -0.1) is 0 Å². The van der Waals surface area contributed by atoms with Crippen LogP contribution in [0.1, 0.15) is 24.9 Å². The van der Waals surface area contributed by atoms with Gasteiger partial charge in [0, 0.05) is 12.3 Å². The van der Waals surface area contributed by atoms with Crippen molar-refractivity contribution in [1.82, 2.24) is 10.6 Å². The van der Waals surface area contributed by atoms with Crippen LogP contribution in [0.4, 0.5) is 4.79 Å². The van der Waals surface area contributed by atoms with Crippen molar-refractivity contribution in [1.29, 1.82) is 0 Å².